The molecule has 0 radical (unpaired) electrons. The zero-order valence-electron chi connectivity index (χ0n) is 4.10. The topological polar surface area (TPSA) is 37.3 Å². The van der Waals surface area contributed by atoms with Crippen LogP contribution in [0.25, 0.3) is 0 Å². The molecule has 0 aromatic heterocycles. The lowest BCUT2D eigenvalue weighted by Crippen LogP contribution is -2.13. The molecule has 0 saturated carbocycles. The standard InChI is InChI=1S/C3H3F3O2.FH/c4-3(5,6)1-2(7)8;/h1H2,(H,7,8);1H. The molecule has 0 aliphatic rings. The van der Waals surface area contributed by atoms with Gasteiger partial charge in [0.05, 0.1) is 0 Å². The summed E-state index contributed by atoms with van der Waals surface area (Å²) in [6.45, 7) is 0. The first-order chi connectivity index (χ1) is 3.42. The Kier molecular flexibility index (Phi) is 4.00. The van der Waals surface area contributed by atoms with Crippen molar-refractivity contribution in [2.45, 2.75) is 12.6 Å². The van der Waals surface area contributed by atoms with Crippen molar-refractivity contribution in [3.63, 3.8) is 0 Å². The van der Waals surface area contributed by atoms with Crippen LogP contribution in [-0.4, -0.2) is 17.3 Å². The van der Waals surface area contributed by atoms with E-state index in [1.54, 1.807) is 0 Å². The number of hydrogen-bond acceptors (Lipinski definition) is 1. The van der Waals surface area contributed by atoms with Gasteiger partial charge in [-0.3, -0.25) is 9.50 Å². The van der Waals surface area contributed by atoms with Crippen molar-refractivity contribution in [3.05, 3.63) is 0 Å². The summed E-state index contributed by atoms with van der Waals surface area (Å²) >= 11 is 0. The van der Waals surface area contributed by atoms with E-state index in [0.717, 1.165) is 0 Å². The normalized spacial score (nSPS) is 10.1. The van der Waals surface area contributed by atoms with Crippen LogP contribution in [0.4, 0.5) is 17.9 Å². The van der Waals surface area contributed by atoms with E-state index in [9.17, 15) is 18.0 Å². The second kappa shape index (κ2) is 3.26. The van der Waals surface area contributed by atoms with Gasteiger partial charge in [0, 0.05) is 0 Å². The van der Waals surface area contributed by atoms with Gasteiger partial charge in [0.2, 0.25) is 0 Å². The molecule has 0 aromatic rings. The van der Waals surface area contributed by atoms with Gasteiger partial charge in [-0.25, -0.2) is 0 Å². The number of hydrogen-bond donors (Lipinski definition) is 1. The Labute approximate surface area is 47.7 Å². The van der Waals surface area contributed by atoms with E-state index in [0.29, 0.717) is 0 Å². The van der Waals surface area contributed by atoms with E-state index in [2.05, 4.69) is 0 Å². The average molecular weight is 148 g/mol. The first-order valence-corrected chi connectivity index (χ1v) is 1.70. The number of carbonyl (C=O) groups is 1. The van der Waals surface area contributed by atoms with Crippen molar-refractivity contribution in [2.75, 3.05) is 0 Å². The molecule has 0 bridgehead atoms. The third kappa shape index (κ3) is 11.0. The van der Waals surface area contributed by atoms with E-state index < -0.39 is 18.6 Å². The molecule has 0 heterocycles. The highest BCUT2D eigenvalue weighted by Crippen LogP contribution is 2.18. The van der Waals surface area contributed by atoms with Crippen LogP contribution in [-0.2, 0) is 4.79 Å². The highest BCUT2D eigenvalue weighted by atomic mass is 19.4. The number of carboxylic acids is 1. The molecule has 0 rings (SSSR count). The van der Waals surface area contributed by atoms with Crippen molar-refractivity contribution in [2.24, 2.45) is 0 Å². The Morgan fingerprint density at radius 2 is 1.78 bits per heavy atom. The highest BCUT2D eigenvalue weighted by molar-refractivity contribution is 5.67. The minimum atomic E-state index is -4.58. The largest absolute Gasteiger partial charge is 0.481 e. The zero-order valence-corrected chi connectivity index (χ0v) is 4.10. The molecular weight excluding hydrogens is 144 g/mol. The van der Waals surface area contributed by atoms with Gasteiger partial charge < -0.3 is 5.11 Å². The lowest BCUT2D eigenvalue weighted by Gasteiger charge is -1.98. The summed E-state index contributed by atoms with van der Waals surface area (Å²) in [6, 6.07) is 0. The number of alkyl halides is 3. The molecule has 9 heavy (non-hydrogen) atoms. The fraction of sp³-hybridized carbons (Fsp3) is 0.667. The van der Waals surface area contributed by atoms with Gasteiger partial charge in [-0.1, -0.05) is 0 Å². The maximum absolute atomic E-state index is 10.9. The Morgan fingerprint density at radius 3 is 1.78 bits per heavy atom. The van der Waals surface area contributed by atoms with E-state index >= 15 is 0 Å². The van der Waals surface area contributed by atoms with Gasteiger partial charge in [-0.2, -0.15) is 13.2 Å². The number of carboxylic acid groups (broad SMARTS) is 1. The second-order valence-electron chi connectivity index (χ2n) is 1.19. The van der Waals surface area contributed by atoms with Crippen molar-refractivity contribution in [1.82, 2.24) is 0 Å². The maximum Gasteiger partial charge on any atom is 0.399 e. The molecule has 0 saturated heterocycles. The van der Waals surface area contributed by atoms with Gasteiger partial charge in [0.15, 0.2) is 0 Å². The van der Waals surface area contributed by atoms with Crippen LogP contribution in [0.15, 0.2) is 0 Å². The zero-order chi connectivity index (χ0) is 6.78. The summed E-state index contributed by atoms with van der Waals surface area (Å²) in [7, 11) is 0. The Balaban J connectivity index is 0. The number of aliphatic carboxylic acids is 1. The minimum Gasteiger partial charge on any atom is -0.481 e. The SMILES string of the molecule is F.O=C(O)CC(F)(F)F. The van der Waals surface area contributed by atoms with Gasteiger partial charge in [0.1, 0.15) is 6.42 Å². The van der Waals surface area contributed by atoms with E-state index in [1.807, 2.05) is 0 Å². The molecule has 0 unspecified atom stereocenters. The molecule has 56 valence electrons. The van der Waals surface area contributed by atoms with Crippen LogP contribution in [0.2, 0.25) is 0 Å². The Morgan fingerprint density at radius 1 is 1.44 bits per heavy atom. The summed E-state index contributed by atoms with van der Waals surface area (Å²) in [5, 5.41) is 7.53. The smallest absolute Gasteiger partial charge is 0.399 e. The van der Waals surface area contributed by atoms with Crippen LogP contribution in [0.5, 0.6) is 0 Å². The van der Waals surface area contributed by atoms with Gasteiger partial charge in [-0.15, -0.1) is 0 Å². The molecule has 0 atom stereocenters. The summed E-state index contributed by atoms with van der Waals surface area (Å²) in [5.74, 6) is -1.85. The fourth-order valence-corrected chi connectivity index (χ4v) is 0.171. The number of halogens is 4. The minimum absolute atomic E-state index is 0. The monoisotopic (exact) mass is 148 g/mol. The highest BCUT2D eigenvalue weighted by Gasteiger charge is 2.30. The van der Waals surface area contributed by atoms with Gasteiger partial charge in [0.25, 0.3) is 0 Å². The predicted molar refractivity (Wildman–Crippen MR) is 20.8 cm³/mol. The fourth-order valence-electron chi connectivity index (χ4n) is 0.171. The van der Waals surface area contributed by atoms with Gasteiger partial charge in [-0.05, 0) is 0 Å². The Bertz CT molecular complexity index is 96.5. The van der Waals surface area contributed by atoms with Crippen LogP contribution in [0.3, 0.4) is 0 Å². The van der Waals surface area contributed by atoms with Crippen LogP contribution in [0.1, 0.15) is 6.42 Å². The summed E-state index contributed by atoms with van der Waals surface area (Å²) in [6.07, 6.45) is -6.33. The molecule has 2 nitrogen and oxygen atoms in total. The predicted octanol–water partition coefficient (Wildman–Crippen LogP) is 1.18. The first kappa shape index (κ1) is 11.0. The molecule has 0 aliphatic carbocycles. The van der Waals surface area contributed by atoms with E-state index in [4.69, 9.17) is 5.11 Å². The third-order valence-electron chi connectivity index (χ3n) is 0.352. The molecular formula is C3H4F4O2. The van der Waals surface area contributed by atoms with E-state index in [-0.39, 0.29) is 4.70 Å². The summed E-state index contributed by atoms with van der Waals surface area (Å²) in [4.78, 5) is 9.29. The molecule has 0 aliphatic heterocycles. The van der Waals surface area contributed by atoms with Crippen LogP contribution < -0.4 is 0 Å². The third-order valence-corrected chi connectivity index (χ3v) is 0.352. The molecule has 1 N–H and O–H groups in total. The number of rotatable bonds is 1. The molecule has 0 aromatic carbocycles. The van der Waals surface area contributed by atoms with Crippen molar-refractivity contribution in [1.29, 1.82) is 0 Å². The van der Waals surface area contributed by atoms with Crippen LogP contribution >= 0.6 is 0 Å². The second-order valence-corrected chi connectivity index (χ2v) is 1.19. The van der Waals surface area contributed by atoms with Gasteiger partial charge >= 0.3 is 12.1 Å². The quantitative estimate of drug-likeness (QED) is 0.567. The molecule has 0 amide bonds. The van der Waals surface area contributed by atoms with Crippen molar-refractivity contribution < 1.29 is 27.8 Å². The maximum atomic E-state index is 10.9. The molecule has 0 fully saturated rings. The first-order valence-electron chi connectivity index (χ1n) is 1.70. The Hall–Kier alpha value is -0.810. The van der Waals surface area contributed by atoms with Crippen molar-refractivity contribution in [3.8, 4) is 0 Å². The molecule has 6 heteroatoms. The summed E-state index contributed by atoms with van der Waals surface area (Å²) in [5.41, 5.74) is 0. The van der Waals surface area contributed by atoms with Crippen LogP contribution in [0, 0.1) is 0 Å². The molecule has 0 spiro atoms. The average Bonchev–Trinajstić information content (AvgIpc) is 1.21. The lowest BCUT2D eigenvalue weighted by molar-refractivity contribution is -0.166. The van der Waals surface area contributed by atoms with Crippen molar-refractivity contribution >= 4 is 5.97 Å². The van der Waals surface area contributed by atoms with E-state index in [1.165, 1.54) is 0 Å². The summed E-state index contributed by atoms with van der Waals surface area (Å²) < 4.78 is 32.8. The lowest BCUT2D eigenvalue weighted by atomic mass is 10.4.